The molecule has 0 spiro atoms. The van der Waals surface area contributed by atoms with Crippen LogP contribution in [0.25, 0.3) is 0 Å². The van der Waals surface area contributed by atoms with Gasteiger partial charge < -0.3 is 23.9 Å². The van der Waals surface area contributed by atoms with Crippen LogP contribution in [0.4, 0.5) is 0 Å². The summed E-state index contributed by atoms with van der Waals surface area (Å²) in [7, 11) is -6.47. The Balaban J connectivity index is -0.000000180. The SMILES string of the molecule is [Ba+2].[Ba+2].[O-]P([O-])OP([O-])[O-]. The Bertz CT molecular complexity index is 42.2. The van der Waals surface area contributed by atoms with Gasteiger partial charge in [0.15, 0.2) is 0 Å². The molecule has 0 aliphatic heterocycles. The molecule has 0 atom stereocenters. The molecule has 0 aliphatic rings. The van der Waals surface area contributed by atoms with Gasteiger partial charge in [0.05, 0.1) is 0 Å². The second-order valence-corrected chi connectivity index (χ2v) is 2.08. The topological polar surface area (TPSA) is 101 Å². The van der Waals surface area contributed by atoms with Crippen molar-refractivity contribution in [3.8, 4) is 0 Å². The third-order valence-corrected chi connectivity index (χ3v) is 1.20. The molecule has 0 fully saturated rings. The Kier molecular flexibility index (Phi) is 24.3. The molecule has 0 saturated heterocycles. The van der Waals surface area contributed by atoms with Gasteiger partial charge in [-0.15, -0.1) is 0 Å². The molecule has 0 amide bonds. The summed E-state index contributed by atoms with van der Waals surface area (Å²) in [6.45, 7) is 0. The molecule has 0 radical (unpaired) electrons. The zero-order valence-corrected chi connectivity index (χ0v) is 15.0. The fourth-order valence-electron chi connectivity index (χ4n) is 0.0544. The molecular formula is Ba2O5P2. The number of hydrogen-bond donors (Lipinski definition) is 0. The minimum atomic E-state index is -3.24. The van der Waals surface area contributed by atoms with E-state index < -0.39 is 17.2 Å². The summed E-state index contributed by atoms with van der Waals surface area (Å²) < 4.78 is 3.16. The van der Waals surface area contributed by atoms with Crippen molar-refractivity contribution < 1.29 is 23.9 Å². The Morgan fingerprint density at radius 1 is 0.778 bits per heavy atom. The zero-order valence-electron chi connectivity index (χ0n) is 4.35. The van der Waals surface area contributed by atoms with Crippen LogP contribution < -0.4 is 19.6 Å². The fourth-order valence-corrected chi connectivity index (χ4v) is 0.490. The maximum atomic E-state index is 9.24. The molecule has 0 rings (SSSR count). The monoisotopic (exact) mass is 418 g/mol. The third-order valence-electron chi connectivity index (χ3n) is 0.133. The van der Waals surface area contributed by atoms with Crippen LogP contribution in [-0.2, 0) is 4.31 Å². The molecular weight excluding hydrogens is 417 g/mol. The molecule has 9 heteroatoms. The molecule has 44 valence electrons. The van der Waals surface area contributed by atoms with Gasteiger partial charge in [0.25, 0.3) is 0 Å². The first kappa shape index (κ1) is 18.6. The molecule has 0 aromatic heterocycles. The van der Waals surface area contributed by atoms with E-state index in [4.69, 9.17) is 0 Å². The van der Waals surface area contributed by atoms with Crippen LogP contribution in [0.5, 0.6) is 0 Å². The van der Waals surface area contributed by atoms with E-state index in [0.29, 0.717) is 0 Å². The van der Waals surface area contributed by atoms with Crippen molar-refractivity contribution in [2.24, 2.45) is 0 Å². The van der Waals surface area contributed by atoms with Crippen molar-refractivity contribution in [1.29, 1.82) is 0 Å². The van der Waals surface area contributed by atoms with E-state index in [1.807, 2.05) is 0 Å². The first-order valence-electron chi connectivity index (χ1n) is 1.10. The van der Waals surface area contributed by atoms with E-state index in [2.05, 4.69) is 4.31 Å². The molecule has 0 N–H and O–H groups in total. The average molecular weight is 417 g/mol. The summed E-state index contributed by atoms with van der Waals surface area (Å²) in [5, 5.41) is 0. The predicted octanol–water partition coefficient (Wildman–Crippen LogP) is -3.86. The van der Waals surface area contributed by atoms with Crippen molar-refractivity contribution in [1.82, 2.24) is 0 Å². The molecule has 0 bridgehead atoms. The predicted molar refractivity (Wildman–Crippen MR) is 26.4 cm³/mol. The molecule has 0 aliphatic carbocycles. The smallest absolute Gasteiger partial charge is 0.820 e. The van der Waals surface area contributed by atoms with Gasteiger partial charge in [-0.25, -0.2) is 0 Å². The van der Waals surface area contributed by atoms with Gasteiger partial charge in [-0.05, 0) is 0 Å². The maximum absolute atomic E-state index is 9.24. The van der Waals surface area contributed by atoms with Crippen molar-refractivity contribution in [3.05, 3.63) is 0 Å². The van der Waals surface area contributed by atoms with Crippen molar-refractivity contribution >= 4 is 115 Å². The molecule has 9 heavy (non-hydrogen) atoms. The summed E-state index contributed by atoms with van der Waals surface area (Å²) >= 11 is 0. The van der Waals surface area contributed by atoms with Crippen LogP contribution in [0.2, 0.25) is 0 Å². The third kappa shape index (κ3) is 18.6. The zero-order chi connectivity index (χ0) is 5.86. The van der Waals surface area contributed by atoms with Gasteiger partial charge in [0, 0.05) is 0 Å². The average Bonchev–Trinajstić information content (AvgIpc) is 1.27. The van der Waals surface area contributed by atoms with E-state index in [1.165, 1.54) is 0 Å². The fraction of sp³-hybridized carbons (Fsp3) is 0. The van der Waals surface area contributed by atoms with E-state index in [0.717, 1.165) is 0 Å². The van der Waals surface area contributed by atoms with Gasteiger partial charge in [-0.3, -0.25) is 0 Å². The quantitative estimate of drug-likeness (QED) is 0.339. The van der Waals surface area contributed by atoms with Gasteiger partial charge >= 0.3 is 97.8 Å². The number of rotatable bonds is 2. The van der Waals surface area contributed by atoms with E-state index in [9.17, 15) is 19.6 Å². The summed E-state index contributed by atoms with van der Waals surface area (Å²) in [5.74, 6) is 0. The summed E-state index contributed by atoms with van der Waals surface area (Å²) in [6, 6.07) is 0. The van der Waals surface area contributed by atoms with Gasteiger partial charge in [0.1, 0.15) is 0 Å². The van der Waals surface area contributed by atoms with Crippen LogP contribution in [0.1, 0.15) is 0 Å². The summed E-state index contributed by atoms with van der Waals surface area (Å²) in [4.78, 5) is 37.0. The van der Waals surface area contributed by atoms with Crippen LogP contribution in [0.3, 0.4) is 0 Å². The standard InChI is InChI=1S/2Ba.O5P2/c;;1-6(2)5-7(3)4/q2*+2;-4. The molecule has 5 nitrogen and oxygen atoms in total. The molecule has 0 aromatic rings. The minimum absolute atomic E-state index is 0. The van der Waals surface area contributed by atoms with Crippen LogP contribution in [-0.4, -0.2) is 97.8 Å². The molecule has 0 heterocycles. The molecule has 0 saturated carbocycles. The van der Waals surface area contributed by atoms with Gasteiger partial charge in [0.2, 0.25) is 0 Å². The van der Waals surface area contributed by atoms with Crippen molar-refractivity contribution in [2.45, 2.75) is 0 Å². The summed E-state index contributed by atoms with van der Waals surface area (Å²) in [5.41, 5.74) is 0. The Morgan fingerprint density at radius 3 is 1.00 bits per heavy atom. The molecule has 0 aromatic carbocycles. The Labute approximate surface area is 135 Å². The van der Waals surface area contributed by atoms with E-state index in [-0.39, 0.29) is 97.8 Å². The Hall–Kier alpha value is 3.80. The number of hydrogen-bond acceptors (Lipinski definition) is 5. The van der Waals surface area contributed by atoms with Crippen LogP contribution in [0, 0.1) is 0 Å². The summed E-state index contributed by atoms with van der Waals surface area (Å²) in [6.07, 6.45) is 0. The molecule has 0 unspecified atom stereocenters. The second-order valence-electron chi connectivity index (χ2n) is 0.529. The minimum Gasteiger partial charge on any atom is -0.820 e. The van der Waals surface area contributed by atoms with Crippen molar-refractivity contribution in [3.63, 3.8) is 0 Å². The first-order chi connectivity index (χ1) is 3.13. The van der Waals surface area contributed by atoms with Gasteiger partial charge in [-0.2, -0.15) is 17.2 Å². The Morgan fingerprint density at radius 2 is 1.00 bits per heavy atom. The van der Waals surface area contributed by atoms with Gasteiger partial charge in [-0.1, -0.05) is 0 Å². The second kappa shape index (κ2) is 11.8. The van der Waals surface area contributed by atoms with Crippen LogP contribution >= 0.6 is 17.2 Å². The maximum Gasteiger partial charge on any atom is 2.00 e. The normalized spacial score (nSPS) is 8.67. The largest absolute Gasteiger partial charge is 2.00 e. The van der Waals surface area contributed by atoms with Crippen LogP contribution in [0.15, 0.2) is 0 Å². The van der Waals surface area contributed by atoms with Crippen molar-refractivity contribution in [2.75, 3.05) is 0 Å². The first-order valence-corrected chi connectivity index (χ1v) is 3.29. The van der Waals surface area contributed by atoms with E-state index in [1.54, 1.807) is 0 Å². The van der Waals surface area contributed by atoms with E-state index >= 15 is 0 Å².